The van der Waals surface area contributed by atoms with Gasteiger partial charge >= 0.3 is 0 Å². The summed E-state index contributed by atoms with van der Waals surface area (Å²) in [5, 5.41) is 10.8. The Hall–Kier alpha value is -1.32. The molecule has 0 unspecified atom stereocenters. The van der Waals surface area contributed by atoms with Crippen molar-refractivity contribution in [3.63, 3.8) is 0 Å². The van der Waals surface area contributed by atoms with E-state index in [1.165, 1.54) is 4.90 Å². The van der Waals surface area contributed by atoms with Crippen LogP contribution < -0.4 is 0 Å². The second-order valence-electron chi connectivity index (χ2n) is 4.16. The Bertz CT molecular complexity index is 513. The molecule has 2 aromatic rings. The van der Waals surface area contributed by atoms with Crippen LogP contribution in [0.5, 0.6) is 0 Å². The predicted molar refractivity (Wildman–Crippen MR) is 74.8 cm³/mol. The Morgan fingerprint density at radius 2 is 1.89 bits per heavy atom. The first kappa shape index (κ1) is 13.1. The third-order valence-corrected chi connectivity index (χ3v) is 3.76. The molecule has 1 N–H and O–H groups in total. The van der Waals surface area contributed by atoms with Gasteiger partial charge in [-0.2, -0.15) is 0 Å². The van der Waals surface area contributed by atoms with E-state index < -0.39 is 6.10 Å². The largest absolute Gasteiger partial charge is 0.388 e. The fourth-order valence-electron chi connectivity index (χ4n) is 1.79. The molecule has 1 heterocycles. The molecule has 0 aliphatic carbocycles. The van der Waals surface area contributed by atoms with E-state index >= 15 is 0 Å². The summed E-state index contributed by atoms with van der Waals surface area (Å²) in [7, 11) is 0. The summed E-state index contributed by atoms with van der Waals surface area (Å²) in [4.78, 5) is 5.71. The zero-order valence-electron chi connectivity index (χ0n) is 10.6. The lowest BCUT2D eigenvalue weighted by Gasteiger charge is -2.11. The van der Waals surface area contributed by atoms with Crippen molar-refractivity contribution >= 4 is 11.8 Å². The lowest BCUT2D eigenvalue weighted by Crippen LogP contribution is -2.00. The highest BCUT2D eigenvalue weighted by atomic mass is 32.2. The quantitative estimate of drug-likeness (QED) is 0.901. The van der Waals surface area contributed by atoms with Gasteiger partial charge in [-0.3, -0.25) is 0 Å². The highest BCUT2D eigenvalue weighted by molar-refractivity contribution is 7.99. The Labute approximate surface area is 112 Å². The molecule has 0 aliphatic rings. The average Bonchev–Trinajstić information content (AvgIpc) is 2.39. The van der Waals surface area contributed by atoms with Crippen LogP contribution in [0.3, 0.4) is 0 Å². The maximum Gasteiger partial charge on any atom is 0.101 e. The molecule has 0 aliphatic heterocycles. The topological polar surface area (TPSA) is 33.1 Å². The molecule has 0 saturated carbocycles. The van der Waals surface area contributed by atoms with E-state index in [4.69, 9.17) is 0 Å². The minimum absolute atomic E-state index is 0.409. The third-order valence-electron chi connectivity index (χ3n) is 2.81. The van der Waals surface area contributed by atoms with Crippen molar-refractivity contribution in [1.82, 2.24) is 4.98 Å². The van der Waals surface area contributed by atoms with E-state index in [0.717, 1.165) is 16.3 Å². The molecule has 0 spiro atoms. The van der Waals surface area contributed by atoms with Gasteiger partial charge in [-0.15, -0.1) is 0 Å². The standard InChI is InChI=1S/C15H17NOS/c1-3-14(17)13-9-10-15(16-11(13)2)18-12-7-5-4-6-8-12/h4-10,14,17H,3H2,1-2H3/t14-/m0/s1. The van der Waals surface area contributed by atoms with Gasteiger partial charge in [0.1, 0.15) is 5.03 Å². The molecule has 0 amide bonds. The first-order valence-electron chi connectivity index (χ1n) is 6.09. The summed E-state index contributed by atoms with van der Waals surface area (Å²) in [6.45, 7) is 3.92. The van der Waals surface area contributed by atoms with Gasteiger partial charge in [0.25, 0.3) is 0 Å². The molecule has 1 aromatic carbocycles. The maximum absolute atomic E-state index is 9.84. The van der Waals surface area contributed by atoms with Crippen molar-refractivity contribution in [1.29, 1.82) is 0 Å². The number of aliphatic hydroxyl groups is 1. The summed E-state index contributed by atoms with van der Waals surface area (Å²) >= 11 is 1.64. The van der Waals surface area contributed by atoms with Gasteiger partial charge in [-0.1, -0.05) is 43.0 Å². The molecule has 0 saturated heterocycles. The van der Waals surface area contributed by atoms with E-state index in [-0.39, 0.29) is 0 Å². The summed E-state index contributed by atoms with van der Waals surface area (Å²) in [6, 6.07) is 14.1. The molecule has 2 rings (SSSR count). The number of rotatable bonds is 4. The van der Waals surface area contributed by atoms with Crippen molar-refractivity contribution in [2.75, 3.05) is 0 Å². The minimum atomic E-state index is -0.409. The van der Waals surface area contributed by atoms with E-state index in [1.807, 2.05) is 44.2 Å². The second-order valence-corrected chi connectivity index (χ2v) is 5.26. The van der Waals surface area contributed by atoms with Crippen LogP contribution in [0.2, 0.25) is 0 Å². The number of benzene rings is 1. The van der Waals surface area contributed by atoms with Gasteiger partial charge in [0.15, 0.2) is 0 Å². The summed E-state index contributed by atoms with van der Waals surface area (Å²) in [6.07, 6.45) is 0.307. The van der Waals surface area contributed by atoms with Gasteiger partial charge in [0.2, 0.25) is 0 Å². The number of aromatic nitrogens is 1. The molecular weight excluding hydrogens is 242 g/mol. The molecule has 94 valence electrons. The highest BCUT2D eigenvalue weighted by Gasteiger charge is 2.10. The smallest absolute Gasteiger partial charge is 0.101 e. The Morgan fingerprint density at radius 3 is 2.50 bits per heavy atom. The number of pyridine rings is 1. The highest BCUT2D eigenvalue weighted by Crippen LogP contribution is 2.28. The molecule has 2 nitrogen and oxygen atoms in total. The van der Waals surface area contributed by atoms with Gasteiger partial charge in [0, 0.05) is 16.2 Å². The number of aliphatic hydroxyl groups excluding tert-OH is 1. The van der Waals surface area contributed by atoms with Crippen molar-refractivity contribution in [2.24, 2.45) is 0 Å². The first-order chi connectivity index (χ1) is 8.70. The molecule has 1 atom stereocenters. The van der Waals surface area contributed by atoms with Crippen LogP contribution in [0.25, 0.3) is 0 Å². The fraction of sp³-hybridized carbons (Fsp3) is 0.267. The minimum Gasteiger partial charge on any atom is -0.388 e. The third kappa shape index (κ3) is 3.12. The first-order valence-corrected chi connectivity index (χ1v) is 6.91. The van der Waals surface area contributed by atoms with Crippen LogP contribution in [-0.2, 0) is 0 Å². The van der Waals surface area contributed by atoms with Gasteiger partial charge < -0.3 is 5.11 Å². The van der Waals surface area contributed by atoms with Crippen molar-refractivity contribution in [2.45, 2.75) is 36.3 Å². The Kier molecular flexibility index (Phi) is 4.39. The van der Waals surface area contributed by atoms with E-state index in [9.17, 15) is 5.11 Å². The van der Waals surface area contributed by atoms with Crippen molar-refractivity contribution in [3.05, 3.63) is 53.7 Å². The molecular formula is C15H17NOS. The average molecular weight is 259 g/mol. The van der Waals surface area contributed by atoms with Gasteiger partial charge in [-0.25, -0.2) is 4.98 Å². The molecule has 18 heavy (non-hydrogen) atoms. The monoisotopic (exact) mass is 259 g/mol. The zero-order valence-corrected chi connectivity index (χ0v) is 11.4. The molecule has 0 bridgehead atoms. The lowest BCUT2D eigenvalue weighted by atomic mass is 10.1. The van der Waals surface area contributed by atoms with Gasteiger partial charge in [-0.05, 0) is 31.5 Å². The maximum atomic E-state index is 9.84. The summed E-state index contributed by atoms with van der Waals surface area (Å²) in [5.74, 6) is 0. The Morgan fingerprint density at radius 1 is 1.17 bits per heavy atom. The molecule has 0 radical (unpaired) electrons. The number of hydrogen-bond donors (Lipinski definition) is 1. The fourth-order valence-corrected chi connectivity index (χ4v) is 2.64. The van der Waals surface area contributed by atoms with E-state index in [0.29, 0.717) is 6.42 Å². The van der Waals surface area contributed by atoms with E-state index in [1.54, 1.807) is 11.8 Å². The lowest BCUT2D eigenvalue weighted by molar-refractivity contribution is 0.172. The Balaban J connectivity index is 2.19. The number of nitrogens with zero attached hydrogens (tertiary/aromatic N) is 1. The van der Waals surface area contributed by atoms with Crippen LogP contribution in [0.15, 0.2) is 52.4 Å². The van der Waals surface area contributed by atoms with Crippen LogP contribution >= 0.6 is 11.8 Å². The summed E-state index contributed by atoms with van der Waals surface area (Å²) in [5.41, 5.74) is 1.83. The van der Waals surface area contributed by atoms with Gasteiger partial charge in [0.05, 0.1) is 6.10 Å². The van der Waals surface area contributed by atoms with Crippen molar-refractivity contribution in [3.8, 4) is 0 Å². The summed E-state index contributed by atoms with van der Waals surface area (Å²) < 4.78 is 0. The molecule has 1 aromatic heterocycles. The van der Waals surface area contributed by atoms with E-state index in [2.05, 4.69) is 17.1 Å². The number of hydrogen-bond acceptors (Lipinski definition) is 3. The normalized spacial score (nSPS) is 12.4. The van der Waals surface area contributed by atoms with Crippen LogP contribution in [0, 0.1) is 6.92 Å². The van der Waals surface area contributed by atoms with Crippen LogP contribution in [0.4, 0.5) is 0 Å². The zero-order chi connectivity index (χ0) is 13.0. The second kappa shape index (κ2) is 6.03. The molecule has 0 fully saturated rings. The van der Waals surface area contributed by atoms with Crippen LogP contribution in [-0.4, -0.2) is 10.1 Å². The SMILES string of the molecule is CC[C@H](O)c1ccc(Sc2ccccc2)nc1C. The molecule has 3 heteroatoms. The predicted octanol–water partition coefficient (Wildman–Crippen LogP) is 3.98. The van der Waals surface area contributed by atoms with Crippen molar-refractivity contribution < 1.29 is 5.11 Å². The number of aryl methyl sites for hydroxylation is 1. The van der Waals surface area contributed by atoms with Crippen LogP contribution in [0.1, 0.15) is 30.7 Å².